The molecule has 2 aromatic heterocycles. The summed E-state index contributed by atoms with van der Waals surface area (Å²) in [6.07, 6.45) is 0. The number of nitrogens with zero attached hydrogens (tertiary/aromatic N) is 2. The zero-order valence-electron chi connectivity index (χ0n) is 16.1. The van der Waals surface area contributed by atoms with Gasteiger partial charge in [0.25, 0.3) is 0 Å². The van der Waals surface area contributed by atoms with Crippen LogP contribution in [0, 0.1) is 0 Å². The molecule has 0 fully saturated rings. The molecule has 0 radical (unpaired) electrons. The maximum Gasteiger partial charge on any atom is 0.345 e. The van der Waals surface area contributed by atoms with Gasteiger partial charge in [0.05, 0.1) is 17.0 Å². The molecule has 5 aromatic rings. The van der Waals surface area contributed by atoms with Crippen molar-refractivity contribution < 1.29 is 4.42 Å². The summed E-state index contributed by atoms with van der Waals surface area (Å²) in [7, 11) is 0. The Bertz CT molecular complexity index is 1470. The SMILES string of the molecule is C/C(=N\Nc1nc(-c2ccc3ccccc3c2)cs1)c1cc2ccccc2oc1=O. The lowest BCUT2D eigenvalue weighted by molar-refractivity contribution is 0.559. The normalized spacial score (nSPS) is 11.8. The quantitative estimate of drug-likeness (QED) is 0.227. The highest BCUT2D eigenvalue weighted by molar-refractivity contribution is 7.14. The highest BCUT2D eigenvalue weighted by atomic mass is 32.1. The molecule has 0 bridgehead atoms. The number of aromatic nitrogens is 1. The van der Waals surface area contributed by atoms with Crippen LogP contribution < -0.4 is 11.1 Å². The standard InChI is InChI=1S/C24H17N3O2S/c1-15(20-13-19-8-4-5-9-22(19)29-23(20)28)26-27-24-25-21(14-30-24)18-11-10-16-6-2-3-7-17(16)12-18/h2-14H,1H3,(H,25,27)/b26-15+. The number of para-hydroxylation sites is 1. The van der Waals surface area contributed by atoms with Crippen molar-refractivity contribution in [3.8, 4) is 11.3 Å². The van der Waals surface area contributed by atoms with Gasteiger partial charge in [-0.1, -0.05) is 54.6 Å². The van der Waals surface area contributed by atoms with Gasteiger partial charge in [-0.15, -0.1) is 11.3 Å². The minimum Gasteiger partial charge on any atom is -0.422 e. The van der Waals surface area contributed by atoms with Gasteiger partial charge in [0.15, 0.2) is 0 Å². The average Bonchev–Trinajstić information content (AvgIpc) is 3.26. The lowest BCUT2D eigenvalue weighted by atomic mass is 10.1. The van der Waals surface area contributed by atoms with E-state index in [1.54, 1.807) is 19.1 Å². The molecule has 0 atom stereocenters. The van der Waals surface area contributed by atoms with Crippen LogP contribution in [0.2, 0.25) is 0 Å². The molecule has 0 spiro atoms. The topological polar surface area (TPSA) is 67.5 Å². The monoisotopic (exact) mass is 411 g/mol. The van der Waals surface area contributed by atoms with Crippen LogP contribution in [-0.2, 0) is 0 Å². The van der Waals surface area contributed by atoms with E-state index < -0.39 is 5.63 Å². The number of fused-ring (bicyclic) bond motifs is 2. The lowest BCUT2D eigenvalue weighted by Crippen LogP contribution is -2.13. The Hall–Kier alpha value is -3.77. The second-order valence-electron chi connectivity index (χ2n) is 6.89. The maximum atomic E-state index is 12.3. The third-order valence-corrected chi connectivity index (χ3v) is 5.65. The first-order valence-electron chi connectivity index (χ1n) is 9.46. The fourth-order valence-electron chi connectivity index (χ4n) is 3.31. The van der Waals surface area contributed by atoms with E-state index in [1.165, 1.54) is 22.1 Å². The molecule has 0 aliphatic heterocycles. The van der Waals surface area contributed by atoms with Crippen molar-refractivity contribution in [1.29, 1.82) is 0 Å². The van der Waals surface area contributed by atoms with Crippen LogP contribution in [0.25, 0.3) is 33.0 Å². The number of anilines is 1. The van der Waals surface area contributed by atoms with Gasteiger partial charge in [0.1, 0.15) is 5.58 Å². The molecule has 146 valence electrons. The minimum absolute atomic E-state index is 0.409. The molecule has 0 aliphatic rings. The summed E-state index contributed by atoms with van der Waals surface area (Å²) in [4.78, 5) is 16.9. The van der Waals surface area contributed by atoms with E-state index in [9.17, 15) is 4.79 Å². The molecule has 0 amide bonds. The number of nitrogens with one attached hydrogen (secondary N) is 1. The van der Waals surface area contributed by atoms with Crippen LogP contribution in [0.4, 0.5) is 5.13 Å². The largest absolute Gasteiger partial charge is 0.422 e. The van der Waals surface area contributed by atoms with Gasteiger partial charge in [0, 0.05) is 16.3 Å². The summed E-state index contributed by atoms with van der Waals surface area (Å²) in [6, 6.07) is 23.7. The van der Waals surface area contributed by atoms with Crippen molar-refractivity contribution in [3.05, 3.63) is 94.2 Å². The van der Waals surface area contributed by atoms with Crippen molar-refractivity contribution in [2.24, 2.45) is 5.10 Å². The van der Waals surface area contributed by atoms with Crippen molar-refractivity contribution in [1.82, 2.24) is 4.98 Å². The summed E-state index contributed by atoms with van der Waals surface area (Å²) < 4.78 is 5.39. The first-order valence-corrected chi connectivity index (χ1v) is 10.3. The smallest absolute Gasteiger partial charge is 0.345 e. The number of hydrogen-bond acceptors (Lipinski definition) is 6. The average molecular weight is 411 g/mol. The van der Waals surface area contributed by atoms with Crippen molar-refractivity contribution in [2.45, 2.75) is 6.92 Å². The summed E-state index contributed by atoms with van der Waals surface area (Å²) in [5.74, 6) is 0. The zero-order valence-corrected chi connectivity index (χ0v) is 16.9. The molecule has 0 saturated heterocycles. The van der Waals surface area contributed by atoms with E-state index in [-0.39, 0.29) is 0 Å². The Morgan fingerprint density at radius 3 is 2.60 bits per heavy atom. The second kappa shape index (κ2) is 7.57. The summed E-state index contributed by atoms with van der Waals surface area (Å²) in [5, 5.41) is 10.2. The summed E-state index contributed by atoms with van der Waals surface area (Å²) in [6.45, 7) is 1.77. The van der Waals surface area contributed by atoms with Crippen molar-refractivity contribution >= 4 is 43.9 Å². The van der Waals surface area contributed by atoms with Gasteiger partial charge in [-0.3, -0.25) is 5.43 Å². The van der Waals surface area contributed by atoms with E-state index in [0.29, 0.717) is 22.0 Å². The van der Waals surface area contributed by atoms with E-state index in [2.05, 4.69) is 45.8 Å². The predicted molar refractivity (Wildman–Crippen MR) is 123 cm³/mol. The molecule has 5 rings (SSSR count). The third kappa shape index (κ3) is 3.49. The fourth-order valence-corrected chi connectivity index (χ4v) is 3.97. The Morgan fingerprint density at radius 1 is 0.967 bits per heavy atom. The molecule has 3 aromatic carbocycles. The van der Waals surface area contributed by atoms with Crippen LogP contribution in [0.3, 0.4) is 0 Å². The second-order valence-corrected chi connectivity index (χ2v) is 7.75. The third-order valence-electron chi connectivity index (χ3n) is 4.90. The summed E-state index contributed by atoms with van der Waals surface area (Å²) >= 11 is 1.46. The first kappa shape index (κ1) is 18.3. The van der Waals surface area contributed by atoms with Crippen LogP contribution in [0.15, 0.2) is 92.5 Å². The number of benzene rings is 3. The predicted octanol–water partition coefficient (Wildman–Crippen LogP) is 5.91. The number of thiazole rings is 1. The van der Waals surface area contributed by atoms with Crippen molar-refractivity contribution in [3.63, 3.8) is 0 Å². The molecule has 0 unspecified atom stereocenters. The van der Waals surface area contributed by atoms with Gasteiger partial charge < -0.3 is 4.42 Å². The van der Waals surface area contributed by atoms with Crippen LogP contribution in [-0.4, -0.2) is 10.7 Å². The van der Waals surface area contributed by atoms with E-state index in [1.807, 2.05) is 35.7 Å². The Morgan fingerprint density at radius 2 is 1.73 bits per heavy atom. The molecule has 6 heteroatoms. The Kier molecular flexibility index (Phi) is 4.61. The Labute approximate surface area is 176 Å². The maximum absolute atomic E-state index is 12.3. The molecular formula is C24H17N3O2S. The zero-order chi connectivity index (χ0) is 20.5. The van der Waals surface area contributed by atoms with E-state index >= 15 is 0 Å². The highest BCUT2D eigenvalue weighted by Crippen LogP contribution is 2.27. The molecule has 5 nitrogen and oxygen atoms in total. The molecule has 0 saturated carbocycles. The molecule has 0 aliphatic carbocycles. The van der Waals surface area contributed by atoms with Gasteiger partial charge in [-0.25, -0.2) is 9.78 Å². The van der Waals surface area contributed by atoms with Gasteiger partial charge in [-0.2, -0.15) is 5.10 Å². The van der Waals surface area contributed by atoms with Crippen LogP contribution >= 0.6 is 11.3 Å². The molecular weight excluding hydrogens is 394 g/mol. The van der Waals surface area contributed by atoms with Gasteiger partial charge in [-0.05, 0) is 35.9 Å². The summed E-state index contributed by atoms with van der Waals surface area (Å²) in [5.41, 5.74) is 6.01. The molecule has 1 N–H and O–H groups in total. The molecule has 2 heterocycles. The van der Waals surface area contributed by atoms with Crippen LogP contribution in [0.1, 0.15) is 12.5 Å². The number of rotatable bonds is 4. The first-order chi connectivity index (χ1) is 14.7. The highest BCUT2D eigenvalue weighted by Gasteiger charge is 2.09. The van der Waals surface area contributed by atoms with Gasteiger partial charge >= 0.3 is 5.63 Å². The van der Waals surface area contributed by atoms with Crippen LogP contribution in [0.5, 0.6) is 0 Å². The lowest BCUT2D eigenvalue weighted by Gasteiger charge is -2.02. The minimum atomic E-state index is -0.409. The Balaban J connectivity index is 1.40. The van der Waals surface area contributed by atoms with E-state index in [4.69, 9.17) is 4.42 Å². The number of hydrogen-bond donors (Lipinski definition) is 1. The molecule has 30 heavy (non-hydrogen) atoms. The fraction of sp³-hybridized carbons (Fsp3) is 0.0417. The van der Waals surface area contributed by atoms with Gasteiger partial charge in [0.2, 0.25) is 5.13 Å². The van der Waals surface area contributed by atoms with Crippen molar-refractivity contribution in [2.75, 3.05) is 5.43 Å². The number of hydrazone groups is 1. The van der Waals surface area contributed by atoms with E-state index in [0.717, 1.165) is 16.6 Å².